The summed E-state index contributed by atoms with van der Waals surface area (Å²) < 4.78 is 1.51. The fraction of sp³-hybridized carbons (Fsp3) is 0.364. The molecule has 2 heteroatoms. The van der Waals surface area contributed by atoms with Crippen molar-refractivity contribution < 1.29 is 4.79 Å². The van der Waals surface area contributed by atoms with Gasteiger partial charge in [0.15, 0.2) is 0 Å². The van der Waals surface area contributed by atoms with Crippen LogP contribution in [-0.4, -0.2) is 21.2 Å². The zero-order valence-electron chi connectivity index (χ0n) is 7.99. The van der Waals surface area contributed by atoms with Crippen LogP contribution in [0.2, 0.25) is 4.31 Å². The third-order valence-electron chi connectivity index (χ3n) is 1.71. The molecule has 0 N–H and O–H groups in total. The topological polar surface area (TPSA) is 17.1 Å². The van der Waals surface area contributed by atoms with Crippen molar-refractivity contribution in [2.75, 3.05) is 0 Å². The molecular weight excluding hydrogens is 227 g/mol. The molecule has 0 unspecified atom stereocenters. The van der Waals surface area contributed by atoms with E-state index in [4.69, 9.17) is 0 Å². The Morgan fingerprint density at radius 1 is 1.31 bits per heavy atom. The van der Waals surface area contributed by atoms with Gasteiger partial charge in [0.2, 0.25) is 0 Å². The molecule has 70 valence electrons. The molecule has 0 aliphatic heterocycles. The Morgan fingerprint density at radius 2 is 1.92 bits per heavy atom. The summed E-state index contributed by atoms with van der Waals surface area (Å²) in [6.07, 6.45) is 1.67. The molecule has 0 saturated carbocycles. The maximum atomic E-state index is 10.4. The van der Waals surface area contributed by atoms with Gasteiger partial charge in [0.05, 0.1) is 0 Å². The molecule has 0 heterocycles. The van der Waals surface area contributed by atoms with E-state index in [0.717, 1.165) is 6.29 Å². The minimum absolute atomic E-state index is 0.149. The predicted octanol–water partition coefficient (Wildman–Crippen LogP) is 1.80. The normalized spacial score (nSPS) is 11.2. The number of rotatable bonds is 4. The zero-order valence-corrected chi connectivity index (χ0v) is 9.70. The summed E-state index contributed by atoms with van der Waals surface area (Å²) in [6, 6.07) is 10.4. The fourth-order valence-electron chi connectivity index (χ4n) is 1.05. The molecule has 0 aliphatic carbocycles. The average molecular weight is 241 g/mol. The summed E-state index contributed by atoms with van der Waals surface area (Å²) in [5.41, 5.74) is 0. The summed E-state index contributed by atoms with van der Waals surface area (Å²) >= 11 is 0.384. The molecule has 0 aliphatic rings. The molecule has 0 amide bonds. The van der Waals surface area contributed by atoms with Crippen LogP contribution in [0.3, 0.4) is 0 Å². The number of hydrogen-bond donors (Lipinski definition) is 0. The van der Waals surface area contributed by atoms with Crippen molar-refractivity contribution in [3.05, 3.63) is 30.3 Å². The number of aldehydes is 1. The maximum absolute atomic E-state index is 10.4. The van der Waals surface area contributed by atoms with Gasteiger partial charge in [0.25, 0.3) is 0 Å². The molecule has 0 atom stereocenters. The van der Waals surface area contributed by atoms with Crippen molar-refractivity contribution in [1.29, 1.82) is 0 Å². The van der Waals surface area contributed by atoms with Crippen LogP contribution in [0.4, 0.5) is 0 Å². The zero-order chi connectivity index (χ0) is 9.73. The van der Waals surface area contributed by atoms with E-state index in [0.29, 0.717) is 21.4 Å². The molecule has 0 bridgehead atoms. The van der Waals surface area contributed by atoms with Gasteiger partial charge in [-0.15, -0.1) is 0 Å². The molecule has 0 saturated heterocycles. The van der Waals surface area contributed by atoms with E-state index in [9.17, 15) is 4.79 Å². The molecule has 0 fully saturated rings. The van der Waals surface area contributed by atoms with Crippen LogP contribution in [0.1, 0.15) is 20.3 Å². The second-order valence-electron chi connectivity index (χ2n) is 3.55. The van der Waals surface area contributed by atoms with Crippen LogP contribution in [0.25, 0.3) is 0 Å². The van der Waals surface area contributed by atoms with Gasteiger partial charge in [-0.1, -0.05) is 0 Å². The van der Waals surface area contributed by atoms with Gasteiger partial charge in [-0.3, -0.25) is 0 Å². The molecule has 1 nitrogen and oxygen atoms in total. The van der Waals surface area contributed by atoms with Crippen molar-refractivity contribution in [3.8, 4) is 0 Å². The van der Waals surface area contributed by atoms with Gasteiger partial charge in [-0.05, 0) is 0 Å². The van der Waals surface area contributed by atoms with Crippen LogP contribution >= 0.6 is 0 Å². The molecule has 1 aromatic rings. The average Bonchev–Trinajstić information content (AvgIpc) is 2.04. The van der Waals surface area contributed by atoms with E-state index in [2.05, 4.69) is 26.0 Å². The van der Waals surface area contributed by atoms with E-state index >= 15 is 0 Å². The fourth-order valence-corrected chi connectivity index (χ4v) is 3.32. The quantitative estimate of drug-likeness (QED) is 0.580. The van der Waals surface area contributed by atoms with Gasteiger partial charge in [0, 0.05) is 0 Å². The van der Waals surface area contributed by atoms with Crippen molar-refractivity contribution >= 4 is 25.7 Å². The summed E-state index contributed by atoms with van der Waals surface area (Å²) in [4.78, 5) is 10.4. The number of carbonyl (C=O) groups is 1. The summed E-state index contributed by atoms with van der Waals surface area (Å²) in [7, 11) is 0. The van der Waals surface area contributed by atoms with E-state index < -0.39 is 0 Å². The van der Waals surface area contributed by atoms with Gasteiger partial charge in [-0.25, -0.2) is 0 Å². The molecule has 0 aromatic heterocycles. The van der Waals surface area contributed by atoms with Gasteiger partial charge in [-0.2, -0.15) is 0 Å². The van der Waals surface area contributed by atoms with Crippen molar-refractivity contribution in [2.45, 2.75) is 24.6 Å². The van der Waals surface area contributed by atoms with Crippen LogP contribution in [-0.2, 0) is 4.79 Å². The van der Waals surface area contributed by atoms with Crippen LogP contribution in [0.15, 0.2) is 30.3 Å². The van der Waals surface area contributed by atoms with E-state index in [1.165, 1.54) is 4.46 Å². The Morgan fingerprint density at radius 3 is 2.46 bits per heavy atom. The van der Waals surface area contributed by atoms with Crippen LogP contribution < -0.4 is 4.46 Å². The Kier molecular flexibility index (Phi) is 3.70. The molecular formula is C11H14OSe. The van der Waals surface area contributed by atoms with E-state index in [-0.39, 0.29) is 4.31 Å². The van der Waals surface area contributed by atoms with Crippen molar-refractivity contribution in [2.24, 2.45) is 0 Å². The monoisotopic (exact) mass is 242 g/mol. The van der Waals surface area contributed by atoms with Gasteiger partial charge >= 0.3 is 85.4 Å². The standard InChI is InChI=1S/C11H14OSe/c1-11(2,8-9-12)13-10-6-4-3-5-7-10/h3-7,9H,8H2,1-2H3. The SMILES string of the molecule is CC(C)(CC=O)[Se]c1ccccc1. The first-order valence-corrected chi connectivity index (χ1v) is 6.03. The summed E-state index contributed by atoms with van der Waals surface area (Å²) in [5, 5.41) is 0. The minimum atomic E-state index is 0.149. The second kappa shape index (κ2) is 4.59. The van der Waals surface area contributed by atoms with Crippen LogP contribution in [0, 0.1) is 0 Å². The summed E-state index contributed by atoms with van der Waals surface area (Å²) in [5.74, 6) is 0. The Bertz CT molecular complexity index is 267. The molecule has 1 aromatic carbocycles. The van der Waals surface area contributed by atoms with Crippen molar-refractivity contribution in [1.82, 2.24) is 0 Å². The Hall–Kier alpha value is -0.591. The Balaban J connectivity index is 2.63. The van der Waals surface area contributed by atoms with E-state index in [1.807, 2.05) is 18.2 Å². The Labute approximate surface area is 85.7 Å². The van der Waals surface area contributed by atoms with Gasteiger partial charge < -0.3 is 0 Å². The molecule has 1 rings (SSSR count). The summed E-state index contributed by atoms with van der Waals surface area (Å²) in [6.45, 7) is 4.29. The first kappa shape index (κ1) is 10.5. The first-order valence-electron chi connectivity index (χ1n) is 4.32. The number of carbonyl (C=O) groups excluding carboxylic acids is 1. The predicted molar refractivity (Wildman–Crippen MR) is 56.6 cm³/mol. The third-order valence-corrected chi connectivity index (χ3v) is 4.29. The van der Waals surface area contributed by atoms with Crippen molar-refractivity contribution in [3.63, 3.8) is 0 Å². The second-order valence-corrected chi connectivity index (χ2v) is 7.28. The molecule has 13 heavy (non-hydrogen) atoms. The van der Waals surface area contributed by atoms with E-state index in [1.54, 1.807) is 0 Å². The third kappa shape index (κ3) is 3.75. The molecule has 0 radical (unpaired) electrons. The van der Waals surface area contributed by atoms with Gasteiger partial charge in [0.1, 0.15) is 0 Å². The number of hydrogen-bond acceptors (Lipinski definition) is 1. The molecule has 0 spiro atoms. The number of benzene rings is 1. The van der Waals surface area contributed by atoms with Crippen LogP contribution in [0.5, 0.6) is 0 Å². The first-order chi connectivity index (χ1) is 6.14.